The summed E-state index contributed by atoms with van der Waals surface area (Å²) in [5.74, 6) is 0.751. The Kier molecular flexibility index (Phi) is 0.692. The minimum Gasteiger partial charge on any atom is -0.353 e. The highest BCUT2D eigenvalue weighted by molar-refractivity contribution is 5.57. The Morgan fingerprint density at radius 1 is 1.62 bits per heavy atom. The van der Waals surface area contributed by atoms with Crippen molar-refractivity contribution in [3.05, 3.63) is 12.3 Å². The van der Waals surface area contributed by atoms with Crippen LogP contribution in [0.2, 0.25) is 0 Å². The van der Waals surface area contributed by atoms with Gasteiger partial charge in [-0.25, -0.2) is 0 Å². The van der Waals surface area contributed by atoms with Gasteiger partial charge in [0.25, 0.3) is 0 Å². The molecular formula is C6H8N2. The maximum atomic E-state index is 4.20. The van der Waals surface area contributed by atoms with Crippen molar-refractivity contribution in [1.82, 2.24) is 5.32 Å². The molecule has 2 aliphatic rings. The van der Waals surface area contributed by atoms with Gasteiger partial charge in [-0.1, -0.05) is 6.08 Å². The second-order valence-electron chi connectivity index (χ2n) is 2.27. The van der Waals surface area contributed by atoms with Crippen molar-refractivity contribution in [2.24, 2.45) is 10.9 Å². The van der Waals surface area contributed by atoms with Crippen molar-refractivity contribution in [2.75, 3.05) is 0 Å². The molecule has 8 heavy (non-hydrogen) atoms. The van der Waals surface area contributed by atoms with Gasteiger partial charge in [0.15, 0.2) is 0 Å². The largest absolute Gasteiger partial charge is 0.353 e. The molecule has 2 atom stereocenters. The lowest BCUT2D eigenvalue weighted by molar-refractivity contribution is 0.987. The van der Waals surface area contributed by atoms with Crippen LogP contribution in [0, 0.1) is 5.92 Å². The summed E-state index contributed by atoms with van der Waals surface area (Å²) < 4.78 is 0. The number of aliphatic imine (C=N–C) groups is 1. The molecule has 1 N–H and O–H groups in total. The quantitative estimate of drug-likeness (QED) is 0.480. The molecule has 2 heteroatoms. The zero-order chi connectivity index (χ0) is 5.40. The van der Waals surface area contributed by atoms with Gasteiger partial charge in [0, 0.05) is 5.92 Å². The van der Waals surface area contributed by atoms with Crippen LogP contribution in [0.25, 0.3) is 0 Å². The fourth-order valence-electron chi connectivity index (χ4n) is 0.939. The highest BCUT2D eigenvalue weighted by Crippen LogP contribution is 2.34. The molecule has 1 heterocycles. The summed E-state index contributed by atoms with van der Waals surface area (Å²) in [6.07, 6.45) is 7.17. The van der Waals surface area contributed by atoms with Crippen LogP contribution in [-0.4, -0.2) is 12.4 Å². The van der Waals surface area contributed by atoms with Gasteiger partial charge in [0.2, 0.25) is 0 Å². The monoisotopic (exact) mass is 108 g/mol. The molecule has 42 valence electrons. The first-order valence-electron chi connectivity index (χ1n) is 2.91. The number of hydrogen-bond donors (Lipinski definition) is 1. The molecule has 0 amide bonds. The van der Waals surface area contributed by atoms with Crippen LogP contribution < -0.4 is 5.32 Å². The fraction of sp³-hybridized carbons (Fsp3) is 0.500. The van der Waals surface area contributed by atoms with E-state index in [0.29, 0.717) is 6.04 Å². The van der Waals surface area contributed by atoms with Crippen molar-refractivity contribution >= 4 is 6.34 Å². The Bertz CT molecular complexity index is 133. The van der Waals surface area contributed by atoms with Crippen LogP contribution in [-0.2, 0) is 0 Å². The Morgan fingerprint density at radius 2 is 2.62 bits per heavy atom. The van der Waals surface area contributed by atoms with Crippen LogP contribution in [0.3, 0.4) is 0 Å². The molecule has 1 aliphatic heterocycles. The van der Waals surface area contributed by atoms with Crippen molar-refractivity contribution in [3.8, 4) is 0 Å². The molecule has 2 unspecified atom stereocenters. The first kappa shape index (κ1) is 4.13. The average Bonchev–Trinajstić information content (AvgIpc) is 2.36. The van der Waals surface area contributed by atoms with E-state index >= 15 is 0 Å². The van der Waals surface area contributed by atoms with E-state index in [-0.39, 0.29) is 0 Å². The Hall–Kier alpha value is -0.790. The van der Waals surface area contributed by atoms with Crippen LogP contribution in [0.1, 0.15) is 6.42 Å². The van der Waals surface area contributed by atoms with E-state index in [9.17, 15) is 0 Å². The highest BCUT2D eigenvalue weighted by Gasteiger charge is 2.34. The summed E-state index contributed by atoms with van der Waals surface area (Å²) in [5, 5.41) is 2.94. The summed E-state index contributed by atoms with van der Waals surface area (Å²) >= 11 is 0. The summed E-state index contributed by atoms with van der Waals surface area (Å²) in [7, 11) is 0. The second-order valence-corrected chi connectivity index (χ2v) is 2.27. The van der Waals surface area contributed by atoms with Crippen LogP contribution in [0.15, 0.2) is 17.3 Å². The van der Waals surface area contributed by atoms with E-state index in [0.717, 1.165) is 5.92 Å². The zero-order valence-corrected chi connectivity index (χ0v) is 4.54. The van der Waals surface area contributed by atoms with Crippen molar-refractivity contribution in [2.45, 2.75) is 12.5 Å². The minimum absolute atomic E-state index is 0.612. The predicted molar refractivity (Wildman–Crippen MR) is 32.7 cm³/mol. The van der Waals surface area contributed by atoms with E-state index in [1.54, 1.807) is 6.34 Å². The molecule has 0 radical (unpaired) electrons. The predicted octanol–water partition coefficient (Wildman–Crippen LogP) is 0.520. The second kappa shape index (κ2) is 1.34. The minimum atomic E-state index is 0.612. The molecule has 1 fully saturated rings. The van der Waals surface area contributed by atoms with Crippen LogP contribution in [0.4, 0.5) is 0 Å². The zero-order valence-electron chi connectivity index (χ0n) is 4.54. The number of nitrogens with zero attached hydrogens (tertiary/aromatic N) is 1. The molecule has 1 aliphatic carbocycles. The molecule has 0 spiro atoms. The van der Waals surface area contributed by atoms with E-state index < -0.39 is 0 Å². The van der Waals surface area contributed by atoms with Gasteiger partial charge >= 0.3 is 0 Å². The molecule has 2 nitrogen and oxygen atoms in total. The molecule has 0 aromatic rings. The lowest BCUT2D eigenvalue weighted by Crippen LogP contribution is -1.98. The molecular weight excluding hydrogens is 100 g/mol. The van der Waals surface area contributed by atoms with E-state index in [4.69, 9.17) is 0 Å². The standard InChI is InChI=1S/C6H8N2/c1-2-7-4-8-6-3-5(1)6/h1-2,4-6H,3H2,(H,7,8). The van der Waals surface area contributed by atoms with Gasteiger partial charge in [-0.05, 0) is 12.6 Å². The third kappa shape index (κ3) is 0.529. The maximum Gasteiger partial charge on any atom is 0.0866 e. The van der Waals surface area contributed by atoms with Gasteiger partial charge in [0.1, 0.15) is 0 Å². The Morgan fingerprint density at radius 3 is 3.62 bits per heavy atom. The number of rotatable bonds is 0. The Balaban J connectivity index is 2.17. The third-order valence-electron chi connectivity index (χ3n) is 1.58. The van der Waals surface area contributed by atoms with Gasteiger partial charge in [-0.15, -0.1) is 0 Å². The summed E-state index contributed by atoms with van der Waals surface area (Å²) in [6.45, 7) is 0. The van der Waals surface area contributed by atoms with Gasteiger partial charge in [-0.3, -0.25) is 4.99 Å². The number of fused-ring (bicyclic) bond motifs is 1. The molecule has 1 saturated carbocycles. The number of hydrogen-bond acceptors (Lipinski definition) is 2. The smallest absolute Gasteiger partial charge is 0.0866 e. The Labute approximate surface area is 48.3 Å². The lowest BCUT2D eigenvalue weighted by atomic mass is 10.4. The van der Waals surface area contributed by atoms with Crippen molar-refractivity contribution in [1.29, 1.82) is 0 Å². The maximum absolute atomic E-state index is 4.20. The highest BCUT2D eigenvalue weighted by atomic mass is 15.0. The SMILES string of the molecule is C1=CC2CC2N=CN1. The topological polar surface area (TPSA) is 24.4 Å². The van der Waals surface area contributed by atoms with Gasteiger partial charge in [-0.2, -0.15) is 0 Å². The normalized spacial score (nSPS) is 40.0. The first-order valence-corrected chi connectivity index (χ1v) is 2.91. The summed E-state index contributed by atoms with van der Waals surface area (Å²) in [6, 6.07) is 0.612. The summed E-state index contributed by atoms with van der Waals surface area (Å²) in [5.41, 5.74) is 0. The number of nitrogens with one attached hydrogen (secondary N) is 1. The van der Waals surface area contributed by atoms with Crippen molar-refractivity contribution in [3.63, 3.8) is 0 Å². The molecule has 0 aromatic carbocycles. The lowest BCUT2D eigenvalue weighted by Gasteiger charge is -1.81. The molecule has 0 bridgehead atoms. The summed E-state index contributed by atoms with van der Waals surface area (Å²) in [4.78, 5) is 4.20. The van der Waals surface area contributed by atoms with E-state index in [1.165, 1.54) is 6.42 Å². The molecule has 0 aromatic heterocycles. The van der Waals surface area contributed by atoms with Crippen molar-refractivity contribution < 1.29 is 0 Å². The van der Waals surface area contributed by atoms with E-state index in [2.05, 4.69) is 16.4 Å². The average molecular weight is 108 g/mol. The molecule has 2 rings (SSSR count). The van der Waals surface area contributed by atoms with Gasteiger partial charge < -0.3 is 5.32 Å². The first-order chi connectivity index (χ1) is 3.97. The van der Waals surface area contributed by atoms with Gasteiger partial charge in [0.05, 0.1) is 12.4 Å². The van der Waals surface area contributed by atoms with Crippen LogP contribution in [0.5, 0.6) is 0 Å². The third-order valence-corrected chi connectivity index (χ3v) is 1.58. The fourth-order valence-corrected chi connectivity index (χ4v) is 0.939. The molecule has 0 saturated heterocycles. The van der Waals surface area contributed by atoms with E-state index in [1.807, 2.05) is 6.20 Å². The van der Waals surface area contributed by atoms with Crippen LogP contribution >= 0.6 is 0 Å².